The van der Waals surface area contributed by atoms with E-state index < -0.39 is 48.0 Å². The second-order valence-electron chi connectivity index (χ2n) is 25.1. The third-order valence-electron chi connectivity index (χ3n) is 17.3. The molecule has 4 atom stereocenters. The van der Waals surface area contributed by atoms with Gasteiger partial charge in [0.15, 0.2) is 23.0 Å². The Morgan fingerprint density at radius 2 is 0.402 bits per heavy atom. The number of phenolic OH excluding ortho intramolecular Hbond substituents is 8. The number of hydrogen-bond acceptors (Lipinski definition) is 17. The van der Waals surface area contributed by atoms with Crippen LogP contribution in [0.25, 0.3) is 0 Å². The molecule has 17 heteroatoms. The molecule has 0 aliphatic carbocycles. The summed E-state index contributed by atoms with van der Waals surface area (Å²) in [5, 5.41) is 143. The number of aliphatic hydroxyl groups excluding tert-OH is 7. The van der Waals surface area contributed by atoms with Crippen molar-refractivity contribution in [2.45, 2.75) is 128 Å². The Bertz CT molecular complexity index is 3560. The third kappa shape index (κ3) is 19.7. The lowest BCUT2D eigenvalue weighted by Gasteiger charge is -2.22. The summed E-state index contributed by atoms with van der Waals surface area (Å²) in [6.45, 7) is 15.6. The highest BCUT2D eigenvalue weighted by atomic mass is 16.6. The fourth-order valence-electron chi connectivity index (χ4n) is 12.0. The van der Waals surface area contributed by atoms with Crippen LogP contribution in [0.4, 0.5) is 0 Å². The van der Waals surface area contributed by atoms with Gasteiger partial charge in [-0.25, -0.2) is 0 Å². The third-order valence-corrected chi connectivity index (χ3v) is 17.3. The van der Waals surface area contributed by atoms with Gasteiger partial charge in [0, 0.05) is 23.7 Å². The molecule has 2 heterocycles. The predicted molar refractivity (Wildman–Crippen MR) is 396 cm³/mol. The SMILES string of the molecule is CC.CC.CC1(C)OC(C(O)CO)C(O)=C1O.CCC(O)C1OC(C)(C)C(O)=C1O.Oc1ccc(C(c2ccc(O)cc2)c2ccc(C(c3ccc(O)cc3)c3ccc(O)cc3)cc2)cc1.Oc1ccc(C(c2ccc(O)cc2)c2ccc(C(c3ccc(O)cc3)c3ccc(O)cc3)cc2)cc1. The van der Waals surface area contributed by atoms with Crippen LogP contribution in [-0.2, 0) is 9.47 Å². The maximum absolute atomic E-state index is 9.80. The van der Waals surface area contributed by atoms with Crippen LogP contribution in [0.2, 0.25) is 0 Å². The highest BCUT2D eigenvalue weighted by Gasteiger charge is 2.45. The van der Waals surface area contributed by atoms with Gasteiger partial charge in [-0.15, -0.1) is 0 Å². The molecule has 0 bridgehead atoms. The van der Waals surface area contributed by atoms with Crippen LogP contribution >= 0.6 is 0 Å². The van der Waals surface area contributed by atoms with Crippen molar-refractivity contribution in [2.24, 2.45) is 0 Å². The molecular weight excluding hydrogens is 1290 g/mol. The van der Waals surface area contributed by atoms with Crippen molar-refractivity contribution >= 4 is 0 Å². The quantitative estimate of drug-likeness (QED) is 0.0400. The van der Waals surface area contributed by atoms with Gasteiger partial charge < -0.3 is 86.1 Å². The van der Waals surface area contributed by atoms with Gasteiger partial charge in [0.25, 0.3) is 0 Å². The van der Waals surface area contributed by atoms with Gasteiger partial charge in [0.05, 0.1) is 12.7 Å². The maximum Gasteiger partial charge on any atom is 0.164 e. The summed E-state index contributed by atoms with van der Waals surface area (Å²) in [5.74, 6) is 0.216. The summed E-state index contributed by atoms with van der Waals surface area (Å²) < 4.78 is 10.4. The zero-order valence-electron chi connectivity index (χ0n) is 58.7. The Labute approximate surface area is 596 Å². The Morgan fingerprint density at radius 3 is 0.520 bits per heavy atom. The van der Waals surface area contributed by atoms with Crippen LogP contribution in [0.3, 0.4) is 0 Å². The van der Waals surface area contributed by atoms with Gasteiger partial charge in [-0.1, -0.05) is 180 Å². The molecule has 0 aromatic heterocycles. The van der Waals surface area contributed by atoms with Crippen LogP contribution in [0.5, 0.6) is 46.0 Å². The van der Waals surface area contributed by atoms with Crippen LogP contribution in [-0.4, -0.2) is 119 Å². The molecule has 0 amide bonds. The zero-order valence-corrected chi connectivity index (χ0v) is 58.7. The summed E-state index contributed by atoms with van der Waals surface area (Å²) in [4.78, 5) is 0. The molecule has 10 aromatic rings. The lowest BCUT2D eigenvalue weighted by molar-refractivity contribution is -0.0922. The fourth-order valence-corrected chi connectivity index (χ4v) is 12.0. The van der Waals surface area contributed by atoms with E-state index in [4.69, 9.17) is 14.6 Å². The van der Waals surface area contributed by atoms with E-state index in [9.17, 15) is 71.5 Å². The maximum atomic E-state index is 9.80. The van der Waals surface area contributed by atoms with Crippen LogP contribution < -0.4 is 0 Å². The smallest absolute Gasteiger partial charge is 0.164 e. The molecule has 0 saturated heterocycles. The molecule has 4 unspecified atom stereocenters. The van der Waals surface area contributed by atoms with Gasteiger partial charge >= 0.3 is 0 Å². The number of benzene rings is 10. The molecular formula is C85H94O17. The molecule has 15 N–H and O–H groups in total. The van der Waals surface area contributed by atoms with E-state index in [2.05, 4.69) is 48.5 Å². The Morgan fingerprint density at radius 1 is 0.265 bits per heavy atom. The first-order valence-electron chi connectivity index (χ1n) is 33.8. The first-order chi connectivity index (χ1) is 48.7. The minimum absolute atomic E-state index is 0.0824. The summed E-state index contributed by atoms with van der Waals surface area (Å²) in [6.07, 6.45) is -3.36. The summed E-state index contributed by atoms with van der Waals surface area (Å²) in [5.41, 5.74) is 10.6. The largest absolute Gasteiger partial charge is 0.508 e. The number of ether oxygens (including phenoxy) is 2. The number of hydrogen-bond donors (Lipinski definition) is 15. The summed E-state index contributed by atoms with van der Waals surface area (Å²) >= 11 is 0. The first-order valence-corrected chi connectivity index (χ1v) is 33.8. The lowest BCUT2D eigenvalue weighted by atomic mass is 9.81. The van der Waals surface area contributed by atoms with Gasteiger partial charge in [-0.3, -0.25) is 0 Å². The van der Waals surface area contributed by atoms with E-state index in [1.807, 2.05) is 125 Å². The van der Waals surface area contributed by atoms with Crippen LogP contribution in [0.15, 0.2) is 266 Å². The molecule has 0 radical (unpaired) electrons. The molecule has 0 spiro atoms. The topological polar surface area (TPSA) is 322 Å². The molecule has 2 aliphatic rings. The molecule has 2 aliphatic heterocycles. The first kappa shape index (κ1) is 78.4. The molecule has 536 valence electrons. The van der Waals surface area contributed by atoms with Gasteiger partial charge in [0.2, 0.25) is 0 Å². The van der Waals surface area contributed by atoms with E-state index in [0.29, 0.717) is 6.42 Å². The Hall–Kier alpha value is -10.9. The predicted octanol–water partition coefficient (Wildman–Crippen LogP) is 16.9. The average Bonchev–Trinajstić information content (AvgIpc) is 0.891. The van der Waals surface area contributed by atoms with Crippen molar-refractivity contribution in [1.29, 1.82) is 0 Å². The summed E-state index contributed by atoms with van der Waals surface area (Å²) in [7, 11) is 0. The van der Waals surface area contributed by atoms with Gasteiger partial charge in [-0.2, -0.15) is 0 Å². The Kier molecular flexibility index (Phi) is 27.6. The highest BCUT2D eigenvalue weighted by molar-refractivity contribution is 5.53. The Balaban J connectivity index is 0.000000206. The van der Waals surface area contributed by atoms with Crippen molar-refractivity contribution in [2.75, 3.05) is 6.61 Å². The molecule has 17 nitrogen and oxygen atoms in total. The molecule has 0 fully saturated rings. The van der Waals surface area contributed by atoms with Gasteiger partial charge in [0.1, 0.15) is 75.5 Å². The van der Waals surface area contributed by atoms with Crippen LogP contribution in [0, 0.1) is 0 Å². The van der Waals surface area contributed by atoms with Crippen molar-refractivity contribution in [3.8, 4) is 46.0 Å². The van der Waals surface area contributed by atoms with E-state index in [-0.39, 0.29) is 86.9 Å². The van der Waals surface area contributed by atoms with Crippen molar-refractivity contribution < 1.29 is 86.1 Å². The number of phenols is 8. The number of rotatable bonds is 16. The second kappa shape index (κ2) is 35.9. The standard InChI is InChI=1S/2C32H26O4.C9H16O4.C8H14O5.2C2H6/c2*33-27-13-5-23(6-14-27)31(24-7-15-28(34)16-8-24)21-1-2-22(4-3-21)32(25-9-17-29(35)18-10-25)26-11-19-30(36)20-12-26;1-4-5(10)7-6(11)8(12)9(2,3)13-7;1-8(2)7(12)5(11)6(13-8)4(10)3-9;2*1-2/h2*1-20,31-36H;5,7,10-12H,4H2,1-3H3;4,6,9-12H,3H2,1-2H3;2*1-2H3. The van der Waals surface area contributed by atoms with E-state index >= 15 is 0 Å². The number of aliphatic hydroxyl groups is 7. The van der Waals surface area contributed by atoms with E-state index in [1.165, 1.54) is 0 Å². The molecule has 102 heavy (non-hydrogen) atoms. The van der Waals surface area contributed by atoms with Crippen molar-refractivity contribution in [3.05, 3.63) is 332 Å². The lowest BCUT2D eigenvalue weighted by Crippen LogP contribution is -2.34. The monoisotopic (exact) mass is 1390 g/mol. The normalized spacial score (nSPS) is 15.5. The molecule has 10 aromatic carbocycles. The zero-order chi connectivity index (χ0) is 74.6. The minimum atomic E-state index is -1.22. The van der Waals surface area contributed by atoms with E-state index in [0.717, 1.165) is 66.8 Å². The molecule has 12 rings (SSSR count). The number of aromatic hydroxyl groups is 8. The van der Waals surface area contributed by atoms with Crippen molar-refractivity contribution in [3.63, 3.8) is 0 Å². The minimum Gasteiger partial charge on any atom is -0.508 e. The average molecular weight is 1390 g/mol. The van der Waals surface area contributed by atoms with Crippen molar-refractivity contribution in [1.82, 2.24) is 0 Å². The highest BCUT2D eigenvalue weighted by Crippen LogP contribution is 2.42. The second-order valence-corrected chi connectivity index (χ2v) is 25.1. The fraction of sp³-hybridized carbons (Fsp3) is 0.247. The molecule has 0 saturated carbocycles. The van der Waals surface area contributed by atoms with E-state index in [1.54, 1.807) is 132 Å². The van der Waals surface area contributed by atoms with Crippen LogP contribution in [0.1, 0.15) is 159 Å². The van der Waals surface area contributed by atoms with Gasteiger partial charge in [-0.05, 0) is 198 Å². The summed E-state index contributed by atoms with van der Waals surface area (Å²) in [6, 6.07) is 74.4.